The van der Waals surface area contributed by atoms with Gasteiger partial charge in [-0.05, 0) is 31.4 Å². The van der Waals surface area contributed by atoms with Gasteiger partial charge in [0.05, 0.1) is 7.11 Å². The molecule has 0 radical (unpaired) electrons. The van der Waals surface area contributed by atoms with Crippen LogP contribution in [0.2, 0.25) is 0 Å². The summed E-state index contributed by atoms with van der Waals surface area (Å²) in [5, 5.41) is 12.5. The quantitative estimate of drug-likeness (QED) is 0.638. The Morgan fingerprint density at radius 1 is 1.13 bits per heavy atom. The first kappa shape index (κ1) is 23.1. The summed E-state index contributed by atoms with van der Waals surface area (Å²) in [7, 11) is 1.35. The third-order valence-corrected chi connectivity index (χ3v) is 4.81. The molecule has 1 aromatic carbocycles. The third-order valence-electron chi connectivity index (χ3n) is 4.81. The van der Waals surface area contributed by atoms with Crippen LogP contribution in [0.5, 0.6) is 11.5 Å². The van der Waals surface area contributed by atoms with Crippen LogP contribution < -0.4 is 10.1 Å². The highest BCUT2D eigenvalue weighted by atomic mass is 19.1. The number of carbonyl (C=O) groups excluding carboxylic acids is 2. The Hall–Kier alpha value is -3.16. The molecule has 30 heavy (non-hydrogen) atoms. The molecule has 0 aliphatic heterocycles. The lowest BCUT2D eigenvalue weighted by Crippen LogP contribution is -2.42. The molecule has 2 N–H and O–H groups in total. The number of rotatable bonds is 8. The van der Waals surface area contributed by atoms with E-state index in [-0.39, 0.29) is 29.1 Å². The number of aromatic hydroxyl groups is 1. The highest BCUT2D eigenvalue weighted by Crippen LogP contribution is 2.32. The standard InChI is InChI=1S/C22H27FN2O5/c1-12(2)18(15-8-6-7-9-16(15)23)14(4)30-22(28)13(3)25-21(27)19-20(26)17(29-5)10-11-24-19/h6-14,18,26H,1-5H3,(H,25,27)/t13-,14-,18+/m0/s1. The van der Waals surface area contributed by atoms with Gasteiger partial charge in [-0.3, -0.25) is 4.79 Å². The molecular weight excluding hydrogens is 391 g/mol. The number of hydrogen-bond donors (Lipinski definition) is 2. The number of nitrogens with zero attached hydrogens (tertiary/aromatic N) is 1. The summed E-state index contributed by atoms with van der Waals surface area (Å²) in [4.78, 5) is 28.8. The summed E-state index contributed by atoms with van der Waals surface area (Å²) >= 11 is 0. The molecule has 0 aliphatic carbocycles. The van der Waals surface area contributed by atoms with Gasteiger partial charge >= 0.3 is 5.97 Å². The maximum atomic E-state index is 14.3. The summed E-state index contributed by atoms with van der Waals surface area (Å²) in [5.41, 5.74) is 0.198. The van der Waals surface area contributed by atoms with Crippen molar-refractivity contribution in [3.8, 4) is 11.5 Å². The largest absolute Gasteiger partial charge is 0.503 e. The SMILES string of the molecule is COc1ccnc(C(=O)N[C@@H](C)C(=O)O[C@@H](C)[C@H](c2ccccc2F)C(C)C)c1O. The lowest BCUT2D eigenvalue weighted by Gasteiger charge is -2.29. The number of ether oxygens (including phenoxy) is 2. The van der Waals surface area contributed by atoms with Crippen molar-refractivity contribution in [1.82, 2.24) is 10.3 Å². The van der Waals surface area contributed by atoms with E-state index < -0.39 is 29.8 Å². The number of benzene rings is 1. The van der Waals surface area contributed by atoms with Crippen LogP contribution in [0.1, 0.15) is 49.7 Å². The van der Waals surface area contributed by atoms with Crippen LogP contribution in [-0.2, 0) is 9.53 Å². The van der Waals surface area contributed by atoms with Crippen LogP contribution in [0.4, 0.5) is 4.39 Å². The van der Waals surface area contributed by atoms with E-state index in [1.807, 2.05) is 13.8 Å². The summed E-state index contributed by atoms with van der Waals surface area (Å²) in [6, 6.07) is 6.77. The lowest BCUT2D eigenvalue weighted by molar-refractivity contribution is -0.151. The second-order valence-electron chi connectivity index (χ2n) is 7.34. The molecule has 2 aromatic rings. The zero-order valence-corrected chi connectivity index (χ0v) is 17.7. The minimum atomic E-state index is -1.01. The Labute approximate surface area is 175 Å². The monoisotopic (exact) mass is 418 g/mol. The molecule has 1 aromatic heterocycles. The molecule has 0 saturated heterocycles. The fourth-order valence-corrected chi connectivity index (χ4v) is 3.35. The molecule has 7 nitrogen and oxygen atoms in total. The maximum absolute atomic E-state index is 14.3. The number of pyridine rings is 1. The Morgan fingerprint density at radius 3 is 2.40 bits per heavy atom. The van der Waals surface area contributed by atoms with Gasteiger partial charge in [0.25, 0.3) is 5.91 Å². The average molecular weight is 418 g/mol. The van der Waals surface area contributed by atoms with E-state index in [9.17, 15) is 19.1 Å². The van der Waals surface area contributed by atoms with E-state index in [4.69, 9.17) is 9.47 Å². The Balaban J connectivity index is 2.09. The van der Waals surface area contributed by atoms with E-state index >= 15 is 0 Å². The summed E-state index contributed by atoms with van der Waals surface area (Å²) in [5.74, 6) is -2.48. The highest BCUT2D eigenvalue weighted by Gasteiger charge is 2.30. The van der Waals surface area contributed by atoms with Crippen molar-refractivity contribution in [3.63, 3.8) is 0 Å². The predicted octanol–water partition coefficient (Wildman–Crippen LogP) is 3.42. The van der Waals surface area contributed by atoms with Crippen LogP contribution in [0, 0.1) is 11.7 Å². The Morgan fingerprint density at radius 2 is 1.80 bits per heavy atom. The van der Waals surface area contributed by atoms with Crippen LogP contribution in [0.3, 0.4) is 0 Å². The van der Waals surface area contributed by atoms with E-state index in [0.717, 1.165) is 0 Å². The molecule has 1 amide bonds. The molecular formula is C22H27FN2O5. The molecule has 0 aliphatic rings. The summed E-state index contributed by atoms with van der Waals surface area (Å²) < 4.78 is 24.8. The van der Waals surface area contributed by atoms with Crippen LogP contribution in [0.25, 0.3) is 0 Å². The van der Waals surface area contributed by atoms with Crippen LogP contribution in [0.15, 0.2) is 36.5 Å². The van der Waals surface area contributed by atoms with Crippen molar-refractivity contribution >= 4 is 11.9 Å². The first-order valence-corrected chi connectivity index (χ1v) is 9.65. The first-order chi connectivity index (χ1) is 14.2. The number of aromatic nitrogens is 1. The Kier molecular flexibility index (Phi) is 7.74. The molecule has 0 fully saturated rings. The molecule has 0 unspecified atom stereocenters. The molecule has 0 saturated carbocycles. The molecule has 162 valence electrons. The van der Waals surface area contributed by atoms with Crippen molar-refractivity contribution in [2.75, 3.05) is 7.11 Å². The van der Waals surface area contributed by atoms with Crippen molar-refractivity contribution < 1.29 is 28.6 Å². The van der Waals surface area contributed by atoms with Gasteiger partial charge in [-0.2, -0.15) is 0 Å². The topological polar surface area (TPSA) is 97.8 Å². The fraction of sp³-hybridized carbons (Fsp3) is 0.409. The molecule has 3 atom stereocenters. The predicted molar refractivity (Wildman–Crippen MR) is 109 cm³/mol. The zero-order valence-electron chi connectivity index (χ0n) is 17.7. The van der Waals surface area contributed by atoms with Gasteiger partial charge in [-0.1, -0.05) is 32.0 Å². The van der Waals surface area contributed by atoms with Crippen molar-refractivity contribution in [2.45, 2.75) is 45.8 Å². The second-order valence-corrected chi connectivity index (χ2v) is 7.34. The molecule has 2 rings (SSSR count). The molecule has 0 bridgehead atoms. The van der Waals surface area contributed by atoms with Gasteiger partial charge < -0.3 is 19.9 Å². The molecule has 8 heteroatoms. The smallest absolute Gasteiger partial charge is 0.328 e. The number of carbonyl (C=O) groups is 2. The lowest BCUT2D eigenvalue weighted by atomic mass is 9.84. The Bertz CT molecular complexity index is 903. The number of nitrogens with one attached hydrogen (secondary N) is 1. The number of hydrogen-bond acceptors (Lipinski definition) is 6. The zero-order chi connectivity index (χ0) is 22.4. The van der Waals surface area contributed by atoms with Gasteiger partial charge in [0, 0.05) is 18.2 Å². The van der Waals surface area contributed by atoms with Crippen LogP contribution >= 0.6 is 0 Å². The van der Waals surface area contributed by atoms with Crippen molar-refractivity contribution in [1.29, 1.82) is 0 Å². The molecule has 1 heterocycles. The third kappa shape index (κ3) is 5.25. The van der Waals surface area contributed by atoms with E-state index in [2.05, 4.69) is 10.3 Å². The van der Waals surface area contributed by atoms with Gasteiger partial charge in [0.2, 0.25) is 0 Å². The first-order valence-electron chi connectivity index (χ1n) is 9.65. The van der Waals surface area contributed by atoms with E-state index in [1.54, 1.807) is 25.1 Å². The number of methoxy groups -OCH3 is 1. The second kappa shape index (κ2) is 10.0. The molecule has 0 spiro atoms. The number of halogens is 1. The van der Waals surface area contributed by atoms with Gasteiger partial charge in [-0.15, -0.1) is 0 Å². The van der Waals surface area contributed by atoms with Crippen molar-refractivity contribution in [2.24, 2.45) is 5.92 Å². The van der Waals surface area contributed by atoms with Gasteiger partial charge in [-0.25, -0.2) is 14.2 Å². The minimum Gasteiger partial charge on any atom is -0.503 e. The minimum absolute atomic E-state index is 0.00697. The van der Waals surface area contributed by atoms with E-state index in [1.165, 1.54) is 32.4 Å². The summed E-state index contributed by atoms with van der Waals surface area (Å²) in [6.45, 7) is 6.99. The average Bonchev–Trinajstić information content (AvgIpc) is 2.69. The number of esters is 1. The van der Waals surface area contributed by atoms with Crippen molar-refractivity contribution in [3.05, 3.63) is 53.6 Å². The van der Waals surface area contributed by atoms with Gasteiger partial charge in [0.1, 0.15) is 18.0 Å². The van der Waals surface area contributed by atoms with E-state index in [0.29, 0.717) is 5.56 Å². The van der Waals surface area contributed by atoms with Crippen LogP contribution in [-0.4, -0.2) is 41.2 Å². The maximum Gasteiger partial charge on any atom is 0.328 e. The van der Waals surface area contributed by atoms with Gasteiger partial charge in [0.15, 0.2) is 17.2 Å². The number of amides is 1. The summed E-state index contributed by atoms with van der Waals surface area (Å²) in [6.07, 6.45) is 0.678. The normalized spacial score (nSPS) is 14.0. The highest BCUT2D eigenvalue weighted by molar-refractivity contribution is 5.97. The fourth-order valence-electron chi connectivity index (χ4n) is 3.35.